The number of nitrogens with two attached hydrogens (primary N) is 1. The minimum absolute atomic E-state index is 0.414. The van der Waals surface area contributed by atoms with Gasteiger partial charge >= 0.3 is 0 Å². The third kappa shape index (κ3) is 2.45. The van der Waals surface area contributed by atoms with Gasteiger partial charge in [0.15, 0.2) is 0 Å². The first kappa shape index (κ1) is 9.46. The van der Waals surface area contributed by atoms with Gasteiger partial charge in [0.25, 0.3) is 0 Å². The predicted molar refractivity (Wildman–Crippen MR) is 58.1 cm³/mol. The number of rotatable bonds is 2. The zero-order valence-corrected chi connectivity index (χ0v) is 8.32. The normalized spacial score (nSPS) is 27.2. The summed E-state index contributed by atoms with van der Waals surface area (Å²) in [6, 6.07) is 6.92. The van der Waals surface area contributed by atoms with Crippen LogP contribution in [0.2, 0.25) is 0 Å². The molecule has 0 amide bonds. The van der Waals surface area contributed by atoms with E-state index in [4.69, 9.17) is 5.73 Å². The van der Waals surface area contributed by atoms with Crippen LogP contribution in [0.4, 0.5) is 5.82 Å². The molecule has 1 aliphatic carbocycles. The van der Waals surface area contributed by atoms with Crippen molar-refractivity contribution in [1.29, 1.82) is 0 Å². The minimum Gasteiger partial charge on any atom is -0.367 e. The molecule has 0 aromatic carbocycles. The summed E-state index contributed by atoms with van der Waals surface area (Å²) in [5.41, 5.74) is 5.85. The van der Waals surface area contributed by atoms with E-state index in [-0.39, 0.29) is 0 Å². The highest BCUT2D eigenvalue weighted by atomic mass is 15.0. The van der Waals surface area contributed by atoms with E-state index in [2.05, 4.69) is 10.3 Å². The molecule has 1 aromatic heterocycles. The highest BCUT2D eigenvalue weighted by Crippen LogP contribution is 2.19. The highest BCUT2D eigenvalue weighted by molar-refractivity contribution is 5.34. The van der Waals surface area contributed by atoms with Crippen LogP contribution in [0, 0.1) is 0 Å². The summed E-state index contributed by atoms with van der Waals surface area (Å²) in [4.78, 5) is 4.25. The Balaban J connectivity index is 1.87. The maximum Gasteiger partial charge on any atom is 0.126 e. The summed E-state index contributed by atoms with van der Waals surface area (Å²) in [5.74, 6) is 0.980. The number of aromatic nitrogens is 1. The van der Waals surface area contributed by atoms with Crippen molar-refractivity contribution in [2.45, 2.75) is 37.8 Å². The average Bonchev–Trinajstić information content (AvgIpc) is 2.23. The molecular weight excluding hydrogens is 174 g/mol. The molecule has 3 N–H and O–H groups in total. The molecule has 0 aliphatic heterocycles. The smallest absolute Gasteiger partial charge is 0.126 e. The van der Waals surface area contributed by atoms with Gasteiger partial charge in [-0.1, -0.05) is 6.07 Å². The van der Waals surface area contributed by atoms with E-state index in [9.17, 15) is 0 Å². The van der Waals surface area contributed by atoms with Crippen molar-refractivity contribution in [2.24, 2.45) is 5.73 Å². The topological polar surface area (TPSA) is 50.9 Å². The summed E-state index contributed by atoms with van der Waals surface area (Å²) in [7, 11) is 0. The molecule has 14 heavy (non-hydrogen) atoms. The number of anilines is 1. The molecular formula is C11H17N3. The minimum atomic E-state index is 0.414. The molecule has 0 spiro atoms. The first-order valence-electron chi connectivity index (χ1n) is 5.28. The molecule has 0 atom stereocenters. The van der Waals surface area contributed by atoms with Gasteiger partial charge in [0.2, 0.25) is 0 Å². The zero-order chi connectivity index (χ0) is 9.80. The van der Waals surface area contributed by atoms with Crippen LogP contribution in [-0.4, -0.2) is 17.1 Å². The Morgan fingerprint density at radius 2 is 2.00 bits per heavy atom. The van der Waals surface area contributed by atoms with Gasteiger partial charge < -0.3 is 11.1 Å². The van der Waals surface area contributed by atoms with E-state index in [0.717, 1.165) is 31.5 Å². The molecule has 0 radical (unpaired) electrons. The van der Waals surface area contributed by atoms with Gasteiger partial charge in [-0.05, 0) is 37.8 Å². The van der Waals surface area contributed by atoms with Crippen molar-refractivity contribution in [3.8, 4) is 0 Å². The van der Waals surface area contributed by atoms with E-state index < -0.39 is 0 Å². The molecule has 2 rings (SSSR count). The molecule has 1 aromatic rings. The van der Waals surface area contributed by atoms with Crippen LogP contribution in [0.15, 0.2) is 24.4 Å². The van der Waals surface area contributed by atoms with Gasteiger partial charge in [-0.3, -0.25) is 0 Å². The summed E-state index contributed by atoms with van der Waals surface area (Å²) in [6.45, 7) is 0. The van der Waals surface area contributed by atoms with Crippen molar-refractivity contribution >= 4 is 5.82 Å². The number of nitrogens with one attached hydrogen (secondary N) is 1. The van der Waals surface area contributed by atoms with Gasteiger partial charge in [0.05, 0.1) is 0 Å². The molecule has 0 bridgehead atoms. The maximum absolute atomic E-state index is 5.85. The third-order valence-corrected chi connectivity index (χ3v) is 2.79. The van der Waals surface area contributed by atoms with Crippen LogP contribution >= 0.6 is 0 Å². The van der Waals surface area contributed by atoms with Gasteiger partial charge in [-0.15, -0.1) is 0 Å². The molecule has 76 valence electrons. The zero-order valence-electron chi connectivity index (χ0n) is 8.32. The Hall–Kier alpha value is -1.09. The Bertz CT molecular complexity index is 265. The fourth-order valence-corrected chi connectivity index (χ4v) is 1.92. The van der Waals surface area contributed by atoms with Crippen molar-refractivity contribution < 1.29 is 0 Å². The number of nitrogens with zero attached hydrogens (tertiary/aromatic N) is 1. The lowest BCUT2D eigenvalue weighted by Crippen LogP contribution is -2.32. The van der Waals surface area contributed by atoms with E-state index in [0.29, 0.717) is 12.1 Å². The average molecular weight is 191 g/mol. The predicted octanol–water partition coefficient (Wildman–Crippen LogP) is 1.76. The lowest BCUT2D eigenvalue weighted by molar-refractivity contribution is 0.410. The second-order valence-electron chi connectivity index (χ2n) is 3.97. The highest BCUT2D eigenvalue weighted by Gasteiger charge is 2.18. The molecule has 0 saturated heterocycles. The third-order valence-electron chi connectivity index (χ3n) is 2.79. The standard InChI is InChI=1S/C11H17N3/c12-9-4-6-10(7-5-9)14-11-3-1-2-8-13-11/h1-3,8-10H,4-7,12H2,(H,13,14)/t9-,10-. The Morgan fingerprint density at radius 1 is 1.21 bits per heavy atom. The molecule has 1 heterocycles. The summed E-state index contributed by atoms with van der Waals surface area (Å²) < 4.78 is 0. The quantitative estimate of drug-likeness (QED) is 0.749. The fraction of sp³-hybridized carbons (Fsp3) is 0.545. The molecule has 0 unspecified atom stereocenters. The summed E-state index contributed by atoms with van der Waals surface area (Å²) >= 11 is 0. The lowest BCUT2D eigenvalue weighted by Gasteiger charge is -2.27. The second kappa shape index (κ2) is 4.42. The van der Waals surface area contributed by atoms with Crippen LogP contribution < -0.4 is 11.1 Å². The van der Waals surface area contributed by atoms with Gasteiger partial charge in [0.1, 0.15) is 5.82 Å². The van der Waals surface area contributed by atoms with Crippen LogP contribution in [0.5, 0.6) is 0 Å². The maximum atomic E-state index is 5.85. The molecule has 1 fully saturated rings. The van der Waals surface area contributed by atoms with Crippen LogP contribution in [0.1, 0.15) is 25.7 Å². The fourth-order valence-electron chi connectivity index (χ4n) is 1.92. The van der Waals surface area contributed by atoms with Crippen LogP contribution in [-0.2, 0) is 0 Å². The van der Waals surface area contributed by atoms with Gasteiger partial charge in [-0.2, -0.15) is 0 Å². The van der Waals surface area contributed by atoms with Crippen molar-refractivity contribution in [2.75, 3.05) is 5.32 Å². The first-order chi connectivity index (χ1) is 6.84. The van der Waals surface area contributed by atoms with E-state index in [1.54, 1.807) is 0 Å². The van der Waals surface area contributed by atoms with E-state index in [1.165, 1.54) is 0 Å². The van der Waals surface area contributed by atoms with Gasteiger partial charge in [-0.25, -0.2) is 4.98 Å². The van der Waals surface area contributed by atoms with E-state index in [1.807, 2.05) is 24.4 Å². The second-order valence-corrected chi connectivity index (χ2v) is 3.97. The first-order valence-corrected chi connectivity index (χ1v) is 5.28. The molecule has 3 heteroatoms. The lowest BCUT2D eigenvalue weighted by atomic mass is 9.92. The van der Waals surface area contributed by atoms with E-state index >= 15 is 0 Å². The molecule has 1 saturated carbocycles. The van der Waals surface area contributed by atoms with Crippen LogP contribution in [0.25, 0.3) is 0 Å². The van der Waals surface area contributed by atoms with Crippen molar-refractivity contribution in [3.05, 3.63) is 24.4 Å². The molecule has 1 aliphatic rings. The Kier molecular flexibility index (Phi) is 2.99. The summed E-state index contributed by atoms with van der Waals surface area (Å²) in [6.07, 6.45) is 6.40. The monoisotopic (exact) mass is 191 g/mol. The van der Waals surface area contributed by atoms with Crippen molar-refractivity contribution in [3.63, 3.8) is 0 Å². The van der Waals surface area contributed by atoms with Crippen LogP contribution in [0.3, 0.4) is 0 Å². The van der Waals surface area contributed by atoms with Crippen molar-refractivity contribution in [1.82, 2.24) is 4.98 Å². The summed E-state index contributed by atoms with van der Waals surface area (Å²) in [5, 5.41) is 3.43. The Morgan fingerprint density at radius 3 is 2.64 bits per heavy atom. The number of hydrogen-bond acceptors (Lipinski definition) is 3. The number of pyridine rings is 1. The largest absolute Gasteiger partial charge is 0.367 e. The SMILES string of the molecule is N[C@H]1CC[C@H](Nc2ccccn2)CC1. The molecule has 3 nitrogen and oxygen atoms in total. The number of hydrogen-bond donors (Lipinski definition) is 2. The van der Waals surface area contributed by atoms with Gasteiger partial charge in [0, 0.05) is 18.3 Å². The Labute approximate surface area is 84.7 Å².